The van der Waals surface area contributed by atoms with Gasteiger partial charge in [-0.1, -0.05) is 26.8 Å². The van der Waals surface area contributed by atoms with Crippen molar-refractivity contribution in [1.82, 2.24) is 9.88 Å². The van der Waals surface area contributed by atoms with Crippen molar-refractivity contribution < 1.29 is 9.84 Å². The summed E-state index contributed by atoms with van der Waals surface area (Å²) < 4.78 is 6.09. The molecule has 2 fully saturated rings. The Labute approximate surface area is 158 Å². The summed E-state index contributed by atoms with van der Waals surface area (Å²) in [5.74, 6) is 1.76. The predicted molar refractivity (Wildman–Crippen MR) is 105 cm³/mol. The summed E-state index contributed by atoms with van der Waals surface area (Å²) in [6.45, 7) is 12.0. The zero-order chi connectivity index (χ0) is 18.6. The number of aliphatic hydroxyl groups is 1. The Balaban J connectivity index is 1.37. The van der Waals surface area contributed by atoms with Gasteiger partial charge in [0.1, 0.15) is 5.82 Å². The van der Waals surface area contributed by atoms with Crippen molar-refractivity contribution in [1.29, 1.82) is 0 Å². The molecule has 0 amide bonds. The van der Waals surface area contributed by atoms with Crippen LogP contribution in [-0.2, 0) is 4.74 Å². The van der Waals surface area contributed by atoms with Gasteiger partial charge >= 0.3 is 0 Å². The highest BCUT2D eigenvalue weighted by atomic mass is 16.5. The van der Waals surface area contributed by atoms with E-state index in [0.717, 1.165) is 44.8 Å². The highest BCUT2D eigenvalue weighted by Gasteiger charge is 2.32. The van der Waals surface area contributed by atoms with E-state index in [4.69, 9.17) is 4.74 Å². The molecule has 0 bridgehead atoms. The fourth-order valence-electron chi connectivity index (χ4n) is 4.68. The van der Waals surface area contributed by atoms with Crippen LogP contribution < -0.4 is 4.90 Å². The second kappa shape index (κ2) is 8.68. The average molecular weight is 362 g/mol. The number of aliphatic hydroxyl groups excluding tert-OH is 1. The van der Waals surface area contributed by atoms with Gasteiger partial charge in [-0.25, -0.2) is 4.98 Å². The SMILES string of the molecule is C[C@H]1C[C@@H](OC[C@H](O)CN2CCN(c3ccccn3)CC2)CC(C)(C)C1. The van der Waals surface area contributed by atoms with E-state index in [1.807, 2.05) is 18.3 Å². The minimum absolute atomic E-state index is 0.296. The molecule has 5 heteroatoms. The number of hydrogen-bond donors (Lipinski definition) is 1. The fourth-order valence-corrected chi connectivity index (χ4v) is 4.68. The number of anilines is 1. The molecule has 0 radical (unpaired) electrons. The van der Waals surface area contributed by atoms with E-state index in [0.29, 0.717) is 30.6 Å². The van der Waals surface area contributed by atoms with E-state index >= 15 is 0 Å². The molecule has 0 unspecified atom stereocenters. The number of rotatable bonds is 6. The summed E-state index contributed by atoms with van der Waals surface area (Å²) in [7, 11) is 0. The van der Waals surface area contributed by atoms with Gasteiger partial charge < -0.3 is 14.7 Å². The first kappa shape index (κ1) is 19.6. The lowest BCUT2D eigenvalue weighted by atomic mass is 9.71. The molecule has 0 spiro atoms. The van der Waals surface area contributed by atoms with Crippen molar-refractivity contribution in [2.24, 2.45) is 11.3 Å². The van der Waals surface area contributed by atoms with E-state index in [2.05, 4.69) is 41.6 Å². The third-order valence-electron chi connectivity index (χ3n) is 5.69. The average Bonchev–Trinajstić information content (AvgIpc) is 2.60. The highest BCUT2D eigenvalue weighted by Crippen LogP contribution is 2.39. The first-order valence-electron chi connectivity index (χ1n) is 10.1. The molecule has 1 saturated heterocycles. The van der Waals surface area contributed by atoms with Crippen LogP contribution in [0.5, 0.6) is 0 Å². The van der Waals surface area contributed by atoms with Gasteiger partial charge in [-0.05, 0) is 42.7 Å². The van der Waals surface area contributed by atoms with Gasteiger partial charge in [0.15, 0.2) is 0 Å². The van der Waals surface area contributed by atoms with Gasteiger partial charge in [-0.2, -0.15) is 0 Å². The quantitative estimate of drug-likeness (QED) is 0.844. The Morgan fingerprint density at radius 1 is 1.23 bits per heavy atom. The smallest absolute Gasteiger partial charge is 0.128 e. The summed E-state index contributed by atoms with van der Waals surface area (Å²) >= 11 is 0. The molecule has 146 valence electrons. The highest BCUT2D eigenvalue weighted by molar-refractivity contribution is 5.38. The molecular formula is C21H35N3O2. The first-order chi connectivity index (χ1) is 12.4. The normalized spacial score (nSPS) is 28.1. The number of β-amino-alcohol motifs (C(OH)–C–C–N with tert-alkyl or cyclic N) is 1. The van der Waals surface area contributed by atoms with Crippen LogP contribution in [0.15, 0.2) is 24.4 Å². The number of nitrogens with zero attached hydrogens (tertiary/aromatic N) is 3. The third kappa shape index (κ3) is 5.66. The molecule has 3 rings (SSSR count). The summed E-state index contributed by atoms with van der Waals surface area (Å²) in [5.41, 5.74) is 0.356. The molecule has 5 nitrogen and oxygen atoms in total. The molecule has 2 heterocycles. The van der Waals surface area contributed by atoms with Crippen molar-refractivity contribution in [2.45, 2.75) is 52.2 Å². The zero-order valence-corrected chi connectivity index (χ0v) is 16.6. The predicted octanol–water partition coefficient (Wildman–Crippen LogP) is 2.80. The first-order valence-corrected chi connectivity index (χ1v) is 10.1. The number of ether oxygens (including phenoxy) is 1. The lowest BCUT2D eigenvalue weighted by Crippen LogP contribution is -2.49. The Morgan fingerprint density at radius 2 is 2.00 bits per heavy atom. The summed E-state index contributed by atoms with van der Waals surface area (Å²) in [6.07, 6.45) is 5.24. The summed E-state index contributed by atoms with van der Waals surface area (Å²) in [5, 5.41) is 10.4. The van der Waals surface area contributed by atoms with Crippen molar-refractivity contribution in [3.05, 3.63) is 24.4 Å². The van der Waals surface area contributed by atoms with E-state index < -0.39 is 6.10 Å². The second-order valence-electron chi connectivity index (χ2n) is 9.00. The van der Waals surface area contributed by atoms with E-state index in [-0.39, 0.29) is 0 Å². The monoisotopic (exact) mass is 361 g/mol. The second-order valence-corrected chi connectivity index (χ2v) is 9.00. The molecule has 1 N–H and O–H groups in total. The van der Waals surface area contributed by atoms with Crippen LogP contribution in [0.25, 0.3) is 0 Å². The van der Waals surface area contributed by atoms with Crippen molar-refractivity contribution in [3.8, 4) is 0 Å². The molecule has 1 aliphatic heterocycles. The molecular weight excluding hydrogens is 326 g/mol. The summed E-state index contributed by atoms with van der Waals surface area (Å²) in [4.78, 5) is 9.07. The maximum absolute atomic E-state index is 10.4. The molecule has 1 aliphatic carbocycles. The van der Waals surface area contributed by atoms with Crippen LogP contribution in [0.3, 0.4) is 0 Å². The van der Waals surface area contributed by atoms with E-state index in [1.165, 1.54) is 6.42 Å². The van der Waals surface area contributed by atoms with Crippen LogP contribution in [0.1, 0.15) is 40.0 Å². The van der Waals surface area contributed by atoms with E-state index in [9.17, 15) is 5.11 Å². The van der Waals surface area contributed by atoms with Crippen LogP contribution in [-0.4, -0.2) is 66.5 Å². The standard InChI is InChI=1S/C21H35N3O2/c1-17-12-19(14-21(2,3)13-17)26-16-18(25)15-23-8-10-24(11-9-23)20-6-4-5-7-22-20/h4-7,17-19,25H,8-16H2,1-3H3/t17-,18+,19+/m0/s1. The molecule has 26 heavy (non-hydrogen) atoms. The molecule has 0 aromatic carbocycles. The zero-order valence-electron chi connectivity index (χ0n) is 16.6. The van der Waals surface area contributed by atoms with Crippen LogP contribution >= 0.6 is 0 Å². The largest absolute Gasteiger partial charge is 0.389 e. The number of piperazine rings is 1. The van der Waals surface area contributed by atoms with Gasteiger partial charge in [0.25, 0.3) is 0 Å². The summed E-state index contributed by atoms with van der Waals surface area (Å²) in [6, 6.07) is 6.04. The van der Waals surface area contributed by atoms with E-state index in [1.54, 1.807) is 0 Å². The van der Waals surface area contributed by atoms with Crippen LogP contribution in [0, 0.1) is 11.3 Å². The van der Waals surface area contributed by atoms with Crippen molar-refractivity contribution in [2.75, 3.05) is 44.2 Å². The fraction of sp³-hybridized carbons (Fsp3) is 0.762. The lowest BCUT2D eigenvalue weighted by Gasteiger charge is -2.39. The van der Waals surface area contributed by atoms with Gasteiger partial charge in [-0.15, -0.1) is 0 Å². The van der Waals surface area contributed by atoms with Crippen LogP contribution in [0.2, 0.25) is 0 Å². The maximum atomic E-state index is 10.4. The third-order valence-corrected chi connectivity index (χ3v) is 5.69. The maximum Gasteiger partial charge on any atom is 0.128 e. The van der Waals surface area contributed by atoms with Gasteiger partial charge in [0.2, 0.25) is 0 Å². The lowest BCUT2D eigenvalue weighted by molar-refractivity contribution is -0.0615. The Kier molecular flexibility index (Phi) is 6.54. The minimum Gasteiger partial charge on any atom is -0.389 e. The molecule has 3 atom stereocenters. The minimum atomic E-state index is -0.406. The Bertz CT molecular complexity index is 543. The van der Waals surface area contributed by atoms with Crippen molar-refractivity contribution in [3.63, 3.8) is 0 Å². The Morgan fingerprint density at radius 3 is 2.65 bits per heavy atom. The Hall–Kier alpha value is -1.17. The van der Waals surface area contributed by atoms with Gasteiger partial charge in [-0.3, -0.25) is 4.90 Å². The molecule has 1 aromatic rings. The molecule has 1 aromatic heterocycles. The number of aromatic nitrogens is 1. The molecule has 2 aliphatic rings. The molecule has 1 saturated carbocycles. The topological polar surface area (TPSA) is 48.8 Å². The van der Waals surface area contributed by atoms with Gasteiger partial charge in [0, 0.05) is 38.9 Å². The van der Waals surface area contributed by atoms with Crippen LogP contribution in [0.4, 0.5) is 5.82 Å². The van der Waals surface area contributed by atoms with Crippen molar-refractivity contribution >= 4 is 5.82 Å². The number of pyridine rings is 1. The number of hydrogen-bond acceptors (Lipinski definition) is 5. The van der Waals surface area contributed by atoms with Gasteiger partial charge in [0.05, 0.1) is 18.8 Å².